The molecule has 1 amide bonds. The van der Waals surface area contributed by atoms with Crippen LogP contribution in [0.15, 0.2) is 59.0 Å². The molecule has 0 bridgehead atoms. The molecule has 1 atom stereocenters. The Hall–Kier alpha value is -2.59. The van der Waals surface area contributed by atoms with Gasteiger partial charge in [-0.05, 0) is 55.5 Å². The second-order valence-corrected chi connectivity index (χ2v) is 7.44. The van der Waals surface area contributed by atoms with Crippen LogP contribution < -0.4 is 5.32 Å². The topological polar surface area (TPSA) is 55.1 Å². The zero-order chi connectivity index (χ0) is 18.8. The molecule has 3 aromatic rings. The summed E-state index contributed by atoms with van der Waals surface area (Å²) in [4.78, 5) is 17.2. The minimum atomic E-state index is -0.0436. The predicted molar refractivity (Wildman–Crippen MR) is 105 cm³/mol. The Balaban J connectivity index is 1.47. The fraction of sp³-hybridized carbons (Fsp3) is 0.273. The van der Waals surface area contributed by atoms with E-state index >= 15 is 0 Å². The van der Waals surface area contributed by atoms with Crippen LogP contribution in [0.4, 0.5) is 0 Å². The van der Waals surface area contributed by atoms with E-state index in [1.54, 1.807) is 0 Å². The molecule has 1 aliphatic carbocycles. The van der Waals surface area contributed by atoms with Crippen molar-refractivity contribution < 1.29 is 9.21 Å². The summed E-state index contributed by atoms with van der Waals surface area (Å²) < 4.78 is 5.76. The molecule has 1 unspecified atom stereocenters. The van der Waals surface area contributed by atoms with Crippen molar-refractivity contribution >= 4 is 17.5 Å². The maximum atomic E-state index is 12.7. The average molecular weight is 381 g/mol. The second kappa shape index (κ2) is 7.57. The highest BCUT2D eigenvalue weighted by molar-refractivity contribution is 6.30. The fourth-order valence-corrected chi connectivity index (χ4v) is 3.37. The minimum absolute atomic E-state index is 0.0237. The number of carbonyl (C=O) groups is 1. The number of oxazole rings is 1. The maximum Gasteiger partial charge on any atom is 0.226 e. The normalized spacial score (nSPS) is 14.7. The number of nitrogens with zero attached hydrogens (tertiary/aromatic N) is 1. The van der Waals surface area contributed by atoms with E-state index in [9.17, 15) is 4.79 Å². The molecule has 1 fully saturated rings. The van der Waals surface area contributed by atoms with Gasteiger partial charge in [0.1, 0.15) is 5.76 Å². The number of aromatic nitrogens is 1. The maximum absolute atomic E-state index is 12.7. The molecule has 27 heavy (non-hydrogen) atoms. The van der Waals surface area contributed by atoms with Gasteiger partial charge in [-0.3, -0.25) is 4.79 Å². The van der Waals surface area contributed by atoms with Gasteiger partial charge in [-0.1, -0.05) is 41.9 Å². The summed E-state index contributed by atoms with van der Waals surface area (Å²) in [5.41, 5.74) is 2.68. The van der Waals surface area contributed by atoms with Crippen molar-refractivity contribution in [2.75, 3.05) is 0 Å². The Morgan fingerprint density at radius 3 is 2.56 bits per heavy atom. The van der Waals surface area contributed by atoms with E-state index in [0.717, 1.165) is 24.0 Å². The van der Waals surface area contributed by atoms with Gasteiger partial charge in [0, 0.05) is 10.6 Å². The van der Waals surface area contributed by atoms with Gasteiger partial charge in [-0.25, -0.2) is 4.98 Å². The van der Waals surface area contributed by atoms with Crippen LogP contribution in [0.3, 0.4) is 0 Å². The molecule has 1 aromatic heterocycles. The first kappa shape index (κ1) is 17.8. The molecule has 0 radical (unpaired) electrons. The molecule has 4 nitrogen and oxygen atoms in total. The zero-order valence-electron chi connectivity index (χ0n) is 15.1. The Kier molecular flexibility index (Phi) is 4.99. The summed E-state index contributed by atoms with van der Waals surface area (Å²) in [6.07, 6.45) is 2.47. The molecule has 1 N–H and O–H groups in total. The predicted octanol–water partition coefficient (Wildman–Crippen LogP) is 5.11. The summed E-state index contributed by atoms with van der Waals surface area (Å²) in [5, 5.41) is 3.88. The monoisotopic (exact) mass is 380 g/mol. The van der Waals surface area contributed by atoms with Crippen molar-refractivity contribution in [1.29, 1.82) is 0 Å². The van der Waals surface area contributed by atoms with E-state index in [4.69, 9.17) is 16.0 Å². The van der Waals surface area contributed by atoms with Crippen LogP contribution in [0.25, 0.3) is 11.5 Å². The van der Waals surface area contributed by atoms with Gasteiger partial charge in [0.15, 0.2) is 0 Å². The number of nitrogens with one attached hydrogen (secondary N) is 1. The standard InChI is InChI=1S/C22H21ClN2O2/c1-14-19(24-22(27-14)17-5-3-2-4-6-17)13-20(26)25-21(15-7-8-15)16-9-11-18(23)12-10-16/h2-6,9-12,15,21H,7-8,13H2,1H3,(H,25,26). The van der Waals surface area contributed by atoms with Crippen molar-refractivity contribution in [2.45, 2.75) is 32.2 Å². The smallest absolute Gasteiger partial charge is 0.226 e. The molecule has 1 saturated carbocycles. The highest BCUT2D eigenvalue weighted by atomic mass is 35.5. The van der Waals surface area contributed by atoms with E-state index in [2.05, 4.69) is 10.3 Å². The molecule has 1 heterocycles. The van der Waals surface area contributed by atoms with Gasteiger partial charge in [0.2, 0.25) is 11.8 Å². The molecule has 4 rings (SSSR count). The lowest BCUT2D eigenvalue weighted by Gasteiger charge is -2.18. The average Bonchev–Trinajstić information content (AvgIpc) is 3.45. The quantitative estimate of drug-likeness (QED) is 0.646. The van der Waals surface area contributed by atoms with E-state index in [1.807, 2.05) is 61.5 Å². The lowest BCUT2D eigenvalue weighted by Crippen LogP contribution is -2.31. The van der Waals surface area contributed by atoms with Crippen LogP contribution in [-0.4, -0.2) is 10.9 Å². The molecule has 2 aromatic carbocycles. The molecule has 0 aliphatic heterocycles. The number of benzene rings is 2. The van der Waals surface area contributed by atoms with Crippen molar-refractivity contribution in [3.8, 4) is 11.5 Å². The first-order chi connectivity index (χ1) is 13.1. The lowest BCUT2D eigenvalue weighted by molar-refractivity contribution is -0.121. The van der Waals surface area contributed by atoms with Gasteiger partial charge in [-0.15, -0.1) is 0 Å². The van der Waals surface area contributed by atoms with Gasteiger partial charge in [0.05, 0.1) is 18.2 Å². The van der Waals surface area contributed by atoms with Crippen LogP contribution >= 0.6 is 11.6 Å². The van der Waals surface area contributed by atoms with Gasteiger partial charge in [-0.2, -0.15) is 0 Å². The molecule has 0 spiro atoms. The lowest BCUT2D eigenvalue weighted by atomic mass is 10.0. The Morgan fingerprint density at radius 2 is 1.89 bits per heavy atom. The Bertz CT molecular complexity index is 931. The molecule has 0 saturated heterocycles. The third-order valence-electron chi connectivity index (χ3n) is 4.88. The third-order valence-corrected chi connectivity index (χ3v) is 5.13. The number of hydrogen-bond donors (Lipinski definition) is 1. The van der Waals surface area contributed by atoms with Crippen molar-refractivity contribution in [1.82, 2.24) is 10.3 Å². The third kappa shape index (κ3) is 4.22. The number of hydrogen-bond acceptors (Lipinski definition) is 3. The van der Waals surface area contributed by atoms with Crippen molar-refractivity contribution in [3.05, 3.63) is 76.6 Å². The van der Waals surface area contributed by atoms with Crippen LogP contribution in [-0.2, 0) is 11.2 Å². The largest absolute Gasteiger partial charge is 0.441 e. The summed E-state index contributed by atoms with van der Waals surface area (Å²) in [5.74, 6) is 1.68. The summed E-state index contributed by atoms with van der Waals surface area (Å²) in [6, 6.07) is 17.4. The van der Waals surface area contributed by atoms with Crippen LogP contribution in [0.1, 0.15) is 35.9 Å². The fourth-order valence-electron chi connectivity index (χ4n) is 3.25. The number of carbonyl (C=O) groups excluding carboxylic acids is 1. The van der Waals surface area contributed by atoms with Gasteiger partial charge >= 0.3 is 0 Å². The minimum Gasteiger partial charge on any atom is -0.441 e. The van der Waals surface area contributed by atoms with Gasteiger partial charge in [0.25, 0.3) is 0 Å². The number of rotatable bonds is 6. The van der Waals surface area contributed by atoms with E-state index in [-0.39, 0.29) is 18.4 Å². The molecular weight excluding hydrogens is 360 g/mol. The Labute approximate surface area is 163 Å². The Morgan fingerprint density at radius 1 is 1.19 bits per heavy atom. The van der Waals surface area contributed by atoms with E-state index < -0.39 is 0 Å². The molecule has 1 aliphatic rings. The molecule has 138 valence electrons. The van der Waals surface area contributed by atoms with E-state index in [1.165, 1.54) is 0 Å². The summed E-state index contributed by atoms with van der Waals surface area (Å²) >= 11 is 5.99. The van der Waals surface area contributed by atoms with Crippen molar-refractivity contribution in [3.63, 3.8) is 0 Å². The highest BCUT2D eigenvalue weighted by Crippen LogP contribution is 2.41. The first-order valence-corrected chi connectivity index (χ1v) is 9.54. The molecule has 5 heteroatoms. The van der Waals surface area contributed by atoms with Crippen molar-refractivity contribution in [2.24, 2.45) is 5.92 Å². The van der Waals surface area contributed by atoms with Crippen LogP contribution in [0.2, 0.25) is 5.02 Å². The first-order valence-electron chi connectivity index (χ1n) is 9.16. The van der Waals surface area contributed by atoms with Crippen LogP contribution in [0, 0.1) is 12.8 Å². The van der Waals surface area contributed by atoms with Gasteiger partial charge < -0.3 is 9.73 Å². The zero-order valence-corrected chi connectivity index (χ0v) is 15.9. The van der Waals surface area contributed by atoms with Crippen LogP contribution in [0.5, 0.6) is 0 Å². The summed E-state index contributed by atoms with van der Waals surface area (Å²) in [6.45, 7) is 1.85. The number of aryl methyl sites for hydroxylation is 1. The second-order valence-electron chi connectivity index (χ2n) is 7.00. The number of amides is 1. The highest BCUT2D eigenvalue weighted by Gasteiger charge is 2.33. The summed E-state index contributed by atoms with van der Waals surface area (Å²) in [7, 11) is 0. The SMILES string of the molecule is Cc1oc(-c2ccccc2)nc1CC(=O)NC(c1ccc(Cl)cc1)C1CC1. The van der Waals surface area contributed by atoms with E-state index in [0.29, 0.717) is 28.3 Å². The number of halogens is 1. The molecular formula is C22H21ClN2O2.